The van der Waals surface area contributed by atoms with E-state index in [4.69, 9.17) is 4.74 Å². The van der Waals surface area contributed by atoms with Crippen molar-refractivity contribution in [3.8, 4) is 5.75 Å². The Morgan fingerprint density at radius 3 is 2.57 bits per heavy atom. The molecule has 0 aliphatic carbocycles. The Hall–Kier alpha value is -3.20. The topological polar surface area (TPSA) is 98.1 Å². The number of thiazole rings is 1. The molecule has 1 aromatic carbocycles. The van der Waals surface area contributed by atoms with Gasteiger partial charge in [-0.25, -0.2) is 4.98 Å². The minimum Gasteiger partial charge on any atom is -0.497 e. The Morgan fingerprint density at radius 1 is 1.17 bits per heavy atom. The maximum atomic E-state index is 12.6. The number of hydrogen-bond acceptors (Lipinski definition) is 6. The zero-order chi connectivity index (χ0) is 21.7. The number of ether oxygens (including phenoxy) is 1. The van der Waals surface area contributed by atoms with Gasteiger partial charge in [-0.3, -0.25) is 14.3 Å². The number of carbonyl (C=O) groups excluding carboxylic acids is 2. The predicted octanol–water partition coefficient (Wildman–Crippen LogP) is 3.75. The van der Waals surface area contributed by atoms with Crippen LogP contribution >= 0.6 is 11.3 Å². The Bertz CT molecular complexity index is 1020. The number of benzene rings is 1. The molecule has 3 aromatic rings. The number of amides is 2. The molecule has 2 amide bonds. The molecule has 0 aliphatic heterocycles. The number of nitrogens with one attached hydrogen (secondary N) is 2. The largest absolute Gasteiger partial charge is 0.497 e. The van der Waals surface area contributed by atoms with E-state index in [0.717, 1.165) is 17.1 Å². The van der Waals surface area contributed by atoms with E-state index in [1.165, 1.54) is 22.2 Å². The number of rotatable bonds is 8. The summed E-state index contributed by atoms with van der Waals surface area (Å²) in [6.07, 6.45) is 3.99. The maximum Gasteiger partial charge on any atom is 0.267 e. The van der Waals surface area contributed by atoms with Gasteiger partial charge in [-0.1, -0.05) is 13.8 Å². The summed E-state index contributed by atoms with van der Waals surface area (Å²) in [6.45, 7) is 6.10. The lowest BCUT2D eigenvalue weighted by Gasteiger charge is -2.06. The van der Waals surface area contributed by atoms with E-state index >= 15 is 0 Å². The lowest BCUT2D eigenvalue weighted by atomic mass is 10.1. The SMILES string of the molecule is COc1ccc(NC(=O)Cn2cc(NC(=O)c3sc(CC(C)C)nc3C)cn2)cc1. The van der Waals surface area contributed by atoms with Crippen LogP contribution in [0, 0.1) is 12.8 Å². The van der Waals surface area contributed by atoms with Crippen molar-refractivity contribution in [2.75, 3.05) is 17.7 Å². The van der Waals surface area contributed by atoms with Crippen molar-refractivity contribution in [2.45, 2.75) is 33.7 Å². The third-order valence-corrected chi connectivity index (χ3v) is 5.38. The molecule has 9 heteroatoms. The van der Waals surface area contributed by atoms with Gasteiger partial charge in [0.1, 0.15) is 17.2 Å². The summed E-state index contributed by atoms with van der Waals surface area (Å²) in [5.41, 5.74) is 1.91. The molecule has 0 atom stereocenters. The zero-order valence-corrected chi connectivity index (χ0v) is 18.2. The van der Waals surface area contributed by atoms with Gasteiger partial charge >= 0.3 is 0 Å². The molecule has 158 valence electrons. The van der Waals surface area contributed by atoms with Gasteiger partial charge in [-0.15, -0.1) is 11.3 Å². The first kappa shape index (κ1) is 21.5. The van der Waals surface area contributed by atoms with Crippen LogP contribution in [-0.4, -0.2) is 33.7 Å². The highest BCUT2D eigenvalue weighted by atomic mass is 32.1. The van der Waals surface area contributed by atoms with Crippen molar-refractivity contribution in [1.82, 2.24) is 14.8 Å². The van der Waals surface area contributed by atoms with Gasteiger partial charge in [0.05, 0.1) is 29.7 Å². The summed E-state index contributed by atoms with van der Waals surface area (Å²) in [5.74, 6) is 0.752. The molecule has 0 fully saturated rings. The van der Waals surface area contributed by atoms with Crippen molar-refractivity contribution in [2.24, 2.45) is 5.92 Å². The summed E-state index contributed by atoms with van der Waals surface area (Å²) >= 11 is 1.41. The minimum absolute atomic E-state index is 0.0278. The van der Waals surface area contributed by atoms with Crippen molar-refractivity contribution >= 4 is 34.5 Å². The average molecular weight is 428 g/mol. The summed E-state index contributed by atoms with van der Waals surface area (Å²) in [7, 11) is 1.59. The van der Waals surface area contributed by atoms with Crippen LogP contribution in [0.15, 0.2) is 36.7 Å². The fourth-order valence-corrected chi connectivity index (χ4v) is 4.00. The molecule has 2 heterocycles. The third-order valence-electron chi connectivity index (χ3n) is 4.20. The Morgan fingerprint density at radius 2 is 1.90 bits per heavy atom. The molecule has 0 aliphatic rings. The lowest BCUT2D eigenvalue weighted by molar-refractivity contribution is -0.116. The third kappa shape index (κ3) is 5.66. The van der Waals surface area contributed by atoms with E-state index in [1.54, 1.807) is 37.6 Å². The van der Waals surface area contributed by atoms with Crippen LogP contribution in [0.4, 0.5) is 11.4 Å². The summed E-state index contributed by atoms with van der Waals surface area (Å²) in [4.78, 5) is 29.9. The number of aromatic nitrogens is 3. The summed E-state index contributed by atoms with van der Waals surface area (Å²) in [5, 5.41) is 10.7. The molecule has 2 aromatic heterocycles. The monoisotopic (exact) mass is 427 g/mol. The Balaban J connectivity index is 1.57. The van der Waals surface area contributed by atoms with Gasteiger partial charge in [0.25, 0.3) is 5.91 Å². The number of nitrogens with zero attached hydrogens (tertiary/aromatic N) is 3. The molecule has 3 rings (SSSR count). The molecular formula is C21H25N5O3S. The molecule has 8 nitrogen and oxygen atoms in total. The van der Waals surface area contributed by atoms with Gasteiger partial charge in [0, 0.05) is 18.3 Å². The van der Waals surface area contributed by atoms with Crippen molar-refractivity contribution in [1.29, 1.82) is 0 Å². The molecule has 0 unspecified atom stereocenters. The molecule has 2 N–H and O–H groups in total. The Kier molecular flexibility index (Phi) is 6.83. The number of aryl methyl sites for hydroxylation is 1. The first-order valence-corrected chi connectivity index (χ1v) is 10.4. The van der Waals surface area contributed by atoms with Crippen molar-refractivity contribution in [3.05, 3.63) is 52.2 Å². The standard InChI is InChI=1S/C21H25N5O3S/c1-13(2)9-19-23-14(3)20(30-19)21(28)25-16-10-22-26(11-16)12-18(27)24-15-5-7-17(29-4)8-6-15/h5-8,10-11,13H,9,12H2,1-4H3,(H,24,27)(H,25,28). The van der Waals surface area contributed by atoms with Gasteiger partial charge in [-0.05, 0) is 37.1 Å². The van der Waals surface area contributed by atoms with Gasteiger partial charge < -0.3 is 15.4 Å². The van der Waals surface area contributed by atoms with Crippen LogP contribution in [0.3, 0.4) is 0 Å². The van der Waals surface area contributed by atoms with E-state index in [-0.39, 0.29) is 18.4 Å². The van der Waals surface area contributed by atoms with Crippen molar-refractivity contribution < 1.29 is 14.3 Å². The van der Waals surface area contributed by atoms with Crippen LogP contribution in [0.25, 0.3) is 0 Å². The highest BCUT2D eigenvalue weighted by molar-refractivity contribution is 7.13. The molecular weight excluding hydrogens is 402 g/mol. The first-order chi connectivity index (χ1) is 14.3. The Labute approximate surface area is 179 Å². The second-order valence-electron chi connectivity index (χ2n) is 7.28. The number of methoxy groups -OCH3 is 1. The van der Waals surface area contributed by atoms with Crippen LogP contribution in [-0.2, 0) is 17.8 Å². The van der Waals surface area contributed by atoms with Crippen LogP contribution < -0.4 is 15.4 Å². The number of hydrogen-bond donors (Lipinski definition) is 2. The number of carbonyl (C=O) groups is 2. The molecule has 0 bridgehead atoms. The molecule has 0 spiro atoms. The maximum absolute atomic E-state index is 12.6. The highest BCUT2D eigenvalue weighted by Crippen LogP contribution is 2.22. The van der Waals surface area contributed by atoms with Crippen molar-refractivity contribution in [3.63, 3.8) is 0 Å². The second kappa shape index (κ2) is 9.53. The van der Waals surface area contributed by atoms with E-state index < -0.39 is 0 Å². The van der Waals surface area contributed by atoms with Gasteiger partial charge in [0.2, 0.25) is 5.91 Å². The zero-order valence-electron chi connectivity index (χ0n) is 17.4. The fraction of sp³-hybridized carbons (Fsp3) is 0.333. The van der Waals surface area contributed by atoms with E-state index in [0.29, 0.717) is 27.9 Å². The van der Waals surface area contributed by atoms with E-state index in [1.807, 2.05) is 6.92 Å². The number of anilines is 2. The quantitative estimate of drug-likeness (QED) is 0.571. The fourth-order valence-electron chi connectivity index (χ4n) is 2.82. The molecule has 30 heavy (non-hydrogen) atoms. The normalized spacial score (nSPS) is 10.8. The lowest BCUT2D eigenvalue weighted by Crippen LogP contribution is -2.19. The average Bonchev–Trinajstić information content (AvgIpc) is 3.27. The molecule has 0 radical (unpaired) electrons. The van der Waals surface area contributed by atoms with E-state index in [9.17, 15) is 9.59 Å². The van der Waals surface area contributed by atoms with E-state index in [2.05, 4.69) is 34.6 Å². The highest BCUT2D eigenvalue weighted by Gasteiger charge is 2.17. The van der Waals surface area contributed by atoms with Crippen LogP contribution in [0.1, 0.15) is 34.2 Å². The van der Waals surface area contributed by atoms with Gasteiger partial charge in [-0.2, -0.15) is 5.10 Å². The van der Waals surface area contributed by atoms with Crippen LogP contribution in [0.2, 0.25) is 0 Å². The second-order valence-corrected chi connectivity index (χ2v) is 8.36. The minimum atomic E-state index is -0.224. The summed E-state index contributed by atoms with van der Waals surface area (Å²) < 4.78 is 6.57. The molecule has 0 saturated carbocycles. The summed E-state index contributed by atoms with van der Waals surface area (Å²) in [6, 6.07) is 7.06. The predicted molar refractivity (Wildman–Crippen MR) is 117 cm³/mol. The van der Waals surface area contributed by atoms with Crippen LogP contribution in [0.5, 0.6) is 5.75 Å². The van der Waals surface area contributed by atoms with Gasteiger partial charge in [0.15, 0.2) is 0 Å². The smallest absolute Gasteiger partial charge is 0.267 e. The molecule has 0 saturated heterocycles. The first-order valence-electron chi connectivity index (χ1n) is 9.58.